The van der Waals surface area contributed by atoms with Crippen molar-refractivity contribution in [2.75, 3.05) is 0 Å². The van der Waals surface area contributed by atoms with Gasteiger partial charge in [0.15, 0.2) is 6.29 Å². The summed E-state index contributed by atoms with van der Waals surface area (Å²) in [6.07, 6.45) is 1.07. The summed E-state index contributed by atoms with van der Waals surface area (Å²) in [5, 5.41) is 11.6. The van der Waals surface area contributed by atoms with Gasteiger partial charge in [-0.2, -0.15) is 0 Å². The lowest BCUT2D eigenvalue weighted by Gasteiger charge is -2.19. The van der Waals surface area contributed by atoms with Crippen molar-refractivity contribution in [3.8, 4) is 0 Å². The number of nitro benzene ring substituents is 1. The molecule has 7 nitrogen and oxygen atoms in total. The van der Waals surface area contributed by atoms with Crippen molar-refractivity contribution < 1.29 is 19.2 Å². The molecule has 0 fully saturated rings. The van der Waals surface area contributed by atoms with E-state index < -0.39 is 16.6 Å². The molecule has 1 heterocycles. The van der Waals surface area contributed by atoms with Crippen molar-refractivity contribution in [1.29, 1.82) is 0 Å². The zero-order valence-corrected chi connectivity index (χ0v) is 12.7. The zero-order chi connectivity index (χ0) is 16.7. The van der Waals surface area contributed by atoms with E-state index in [9.17, 15) is 19.7 Å². The predicted octanol–water partition coefficient (Wildman–Crippen LogP) is 3.45. The third kappa shape index (κ3) is 2.69. The number of ether oxygens (including phenoxy) is 1. The lowest BCUT2D eigenvalue weighted by molar-refractivity contribution is -0.383. The van der Waals surface area contributed by atoms with Gasteiger partial charge in [0, 0.05) is 23.2 Å². The Bertz CT molecular complexity index is 783. The Labute approximate surface area is 126 Å². The van der Waals surface area contributed by atoms with Crippen molar-refractivity contribution in [3.63, 3.8) is 0 Å². The van der Waals surface area contributed by atoms with Gasteiger partial charge in [0.25, 0.3) is 5.69 Å². The smallest absolute Gasteiger partial charge is 0.419 e. The highest BCUT2D eigenvalue weighted by Crippen LogP contribution is 2.32. The first-order chi connectivity index (χ1) is 10.2. The molecule has 0 saturated heterocycles. The van der Waals surface area contributed by atoms with Crippen LogP contribution in [0.25, 0.3) is 10.9 Å². The Morgan fingerprint density at radius 2 is 2.00 bits per heavy atom. The number of hydrogen-bond acceptors (Lipinski definition) is 5. The molecule has 0 atom stereocenters. The number of non-ortho nitro benzene ring substituents is 1. The van der Waals surface area contributed by atoms with E-state index in [1.54, 1.807) is 33.8 Å². The van der Waals surface area contributed by atoms with Gasteiger partial charge in [-0.1, -0.05) is 6.07 Å². The maximum Gasteiger partial charge on any atom is 0.419 e. The first kappa shape index (κ1) is 15.7. The van der Waals surface area contributed by atoms with Crippen LogP contribution < -0.4 is 0 Å². The summed E-state index contributed by atoms with van der Waals surface area (Å²) in [5.41, 5.74) is -0.0545. The molecule has 0 saturated carbocycles. The Hall–Kier alpha value is -2.70. The molecule has 7 heteroatoms. The number of hydrogen-bond donors (Lipinski definition) is 0. The first-order valence-electron chi connectivity index (χ1n) is 6.63. The van der Waals surface area contributed by atoms with Crippen molar-refractivity contribution in [1.82, 2.24) is 4.57 Å². The highest BCUT2D eigenvalue weighted by molar-refractivity contribution is 6.06. The number of aromatic nitrogens is 1. The SMILES string of the molecule is Cc1ccc([N+](=O)[O-])c2c1c(C=O)cn2C(=O)OC(C)(C)C. The van der Waals surface area contributed by atoms with E-state index in [1.165, 1.54) is 12.3 Å². The summed E-state index contributed by atoms with van der Waals surface area (Å²) >= 11 is 0. The Balaban J connectivity index is 2.79. The van der Waals surface area contributed by atoms with Crippen LogP contribution in [0.3, 0.4) is 0 Å². The van der Waals surface area contributed by atoms with E-state index >= 15 is 0 Å². The first-order valence-corrected chi connectivity index (χ1v) is 6.63. The second-order valence-corrected chi connectivity index (χ2v) is 5.93. The number of carbonyl (C=O) groups is 2. The van der Waals surface area contributed by atoms with Gasteiger partial charge in [0.2, 0.25) is 0 Å². The number of rotatable bonds is 2. The van der Waals surface area contributed by atoms with Crippen LogP contribution in [0.2, 0.25) is 0 Å². The molecule has 0 aliphatic rings. The van der Waals surface area contributed by atoms with E-state index in [-0.39, 0.29) is 16.8 Å². The summed E-state index contributed by atoms with van der Waals surface area (Å²) in [4.78, 5) is 34.2. The molecular formula is C15H16N2O5. The third-order valence-corrected chi connectivity index (χ3v) is 3.08. The molecule has 116 valence electrons. The third-order valence-electron chi connectivity index (χ3n) is 3.08. The molecule has 0 N–H and O–H groups in total. The van der Waals surface area contributed by atoms with Crippen LogP contribution in [-0.2, 0) is 4.74 Å². The molecule has 22 heavy (non-hydrogen) atoms. The Morgan fingerprint density at radius 1 is 1.36 bits per heavy atom. The number of aldehydes is 1. The molecule has 1 aromatic carbocycles. The van der Waals surface area contributed by atoms with Crippen LogP contribution in [-0.4, -0.2) is 27.5 Å². The molecular weight excluding hydrogens is 288 g/mol. The lowest BCUT2D eigenvalue weighted by atomic mass is 10.1. The number of fused-ring (bicyclic) bond motifs is 1. The minimum absolute atomic E-state index is 0.0707. The number of nitrogens with zero attached hydrogens (tertiary/aromatic N) is 2. The van der Waals surface area contributed by atoms with Crippen LogP contribution >= 0.6 is 0 Å². The van der Waals surface area contributed by atoms with Gasteiger partial charge in [-0.25, -0.2) is 9.36 Å². The van der Waals surface area contributed by atoms with E-state index in [1.807, 2.05) is 0 Å². The number of benzene rings is 1. The minimum Gasteiger partial charge on any atom is -0.443 e. The van der Waals surface area contributed by atoms with Crippen molar-refractivity contribution in [3.05, 3.63) is 39.6 Å². The van der Waals surface area contributed by atoms with Crippen LogP contribution in [0.4, 0.5) is 10.5 Å². The standard InChI is InChI=1S/C15H16N2O5/c1-9-5-6-11(17(20)21)13-12(9)10(8-18)7-16(13)14(19)22-15(2,3)4/h5-8H,1-4H3. The molecule has 2 aromatic rings. The van der Waals surface area contributed by atoms with E-state index in [0.717, 1.165) is 4.57 Å². The van der Waals surface area contributed by atoms with E-state index in [4.69, 9.17) is 4.74 Å². The van der Waals surface area contributed by atoms with Crippen molar-refractivity contribution in [2.24, 2.45) is 0 Å². The summed E-state index contributed by atoms with van der Waals surface area (Å²) < 4.78 is 6.27. The monoisotopic (exact) mass is 304 g/mol. The summed E-state index contributed by atoms with van der Waals surface area (Å²) in [5.74, 6) is 0. The second-order valence-electron chi connectivity index (χ2n) is 5.93. The fraction of sp³-hybridized carbons (Fsp3) is 0.333. The van der Waals surface area contributed by atoms with Crippen LogP contribution in [0.1, 0.15) is 36.7 Å². The second kappa shape index (κ2) is 5.25. The molecule has 0 spiro atoms. The van der Waals surface area contributed by atoms with Gasteiger partial charge in [0.05, 0.1) is 4.92 Å². The molecule has 0 bridgehead atoms. The fourth-order valence-electron chi connectivity index (χ4n) is 2.25. The van der Waals surface area contributed by atoms with Gasteiger partial charge in [-0.05, 0) is 33.3 Å². The molecule has 0 radical (unpaired) electrons. The Kier molecular flexibility index (Phi) is 3.74. The highest BCUT2D eigenvalue weighted by atomic mass is 16.6. The molecule has 1 aromatic heterocycles. The molecule has 0 unspecified atom stereocenters. The maximum absolute atomic E-state index is 12.3. The van der Waals surface area contributed by atoms with Gasteiger partial charge >= 0.3 is 6.09 Å². The summed E-state index contributed by atoms with van der Waals surface area (Å²) in [6.45, 7) is 6.79. The average Bonchev–Trinajstić information content (AvgIpc) is 2.77. The molecule has 2 rings (SSSR count). The van der Waals surface area contributed by atoms with Gasteiger partial charge in [0.1, 0.15) is 11.1 Å². The predicted molar refractivity (Wildman–Crippen MR) is 80.3 cm³/mol. The van der Waals surface area contributed by atoms with E-state index in [0.29, 0.717) is 17.2 Å². The van der Waals surface area contributed by atoms with Crippen LogP contribution in [0.5, 0.6) is 0 Å². The van der Waals surface area contributed by atoms with Crippen molar-refractivity contribution >= 4 is 29.0 Å². The maximum atomic E-state index is 12.3. The Morgan fingerprint density at radius 3 is 2.50 bits per heavy atom. The van der Waals surface area contributed by atoms with E-state index in [2.05, 4.69) is 0 Å². The zero-order valence-electron chi connectivity index (χ0n) is 12.7. The van der Waals surface area contributed by atoms with Gasteiger partial charge < -0.3 is 4.74 Å². The molecule has 0 aliphatic heterocycles. The average molecular weight is 304 g/mol. The lowest BCUT2D eigenvalue weighted by Crippen LogP contribution is -2.26. The topological polar surface area (TPSA) is 91.4 Å². The minimum atomic E-state index is -0.765. The number of carbonyl (C=O) groups excluding carboxylic acids is 2. The largest absolute Gasteiger partial charge is 0.443 e. The molecule has 0 amide bonds. The number of nitro groups is 1. The van der Waals surface area contributed by atoms with Crippen LogP contribution in [0, 0.1) is 17.0 Å². The molecule has 0 aliphatic carbocycles. The quantitative estimate of drug-likeness (QED) is 0.481. The van der Waals surface area contributed by atoms with Crippen molar-refractivity contribution in [2.45, 2.75) is 33.3 Å². The fourth-order valence-corrected chi connectivity index (χ4v) is 2.25. The summed E-state index contributed by atoms with van der Waals surface area (Å²) in [6, 6.07) is 2.86. The van der Waals surface area contributed by atoms with Gasteiger partial charge in [-0.3, -0.25) is 14.9 Å². The van der Waals surface area contributed by atoms with Crippen LogP contribution in [0.15, 0.2) is 18.3 Å². The van der Waals surface area contributed by atoms with Gasteiger partial charge in [-0.15, -0.1) is 0 Å². The summed E-state index contributed by atoms with van der Waals surface area (Å²) in [7, 11) is 0. The number of aryl methyl sites for hydroxylation is 1. The highest BCUT2D eigenvalue weighted by Gasteiger charge is 2.26. The normalized spacial score (nSPS) is 11.5.